The molecule has 178 valence electrons. The first kappa shape index (κ1) is 24.4. The molecular formula is C25H34N4O4. The molecule has 1 aliphatic heterocycles. The molecule has 8 nitrogen and oxygen atoms in total. The predicted octanol–water partition coefficient (Wildman–Crippen LogP) is 4.47. The Morgan fingerprint density at radius 2 is 1.88 bits per heavy atom. The van der Waals surface area contributed by atoms with Gasteiger partial charge < -0.3 is 25.0 Å². The van der Waals surface area contributed by atoms with Crippen LogP contribution in [0.15, 0.2) is 42.6 Å². The van der Waals surface area contributed by atoms with E-state index in [0.29, 0.717) is 30.3 Å². The number of pyridine rings is 1. The third-order valence-electron chi connectivity index (χ3n) is 4.94. The number of nitrogens with zero attached hydrogens (tertiary/aromatic N) is 2. The minimum atomic E-state index is -0.520. The van der Waals surface area contributed by atoms with Crippen LogP contribution < -0.4 is 20.3 Å². The van der Waals surface area contributed by atoms with Crippen molar-refractivity contribution in [2.45, 2.75) is 52.7 Å². The van der Waals surface area contributed by atoms with Gasteiger partial charge in [-0.2, -0.15) is 0 Å². The molecule has 1 unspecified atom stereocenters. The number of hydrogen-bond acceptors (Lipinski definition) is 6. The van der Waals surface area contributed by atoms with Crippen LogP contribution >= 0.6 is 0 Å². The lowest BCUT2D eigenvalue weighted by molar-refractivity contribution is 0.0509. The quantitative estimate of drug-likeness (QED) is 0.641. The van der Waals surface area contributed by atoms with Gasteiger partial charge in [-0.25, -0.2) is 9.78 Å². The molecule has 33 heavy (non-hydrogen) atoms. The number of aromatic nitrogens is 1. The molecule has 0 bridgehead atoms. The topological polar surface area (TPSA) is 92.8 Å². The molecule has 1 aliphatic rings. The van der Waals surface area contributed by atoms with Crippen molar-refractivity contribution in [1.82, 2.24) is 10.3 Å². The van der Waals surface area contributed by atoms with Crippen molar-refractivity contribution in [2.24, 2.45) is 5.92 Å². The van der Waals surface area contributed by atoms with E-state index in [-0.39, 0.29) is 11.9 Å². The maximum atomic E-state index is 12.5. The fourth-order valence-corrected chi connectivity index (χ4v) is 3.38. The van der Waals surface area contributed by atoms with Gasteiger partial charge in [0.15, 0.2) is 0 Å². The molecule has 1 aromatic carbocycles. The van der Waals surface area contributed by atoms with Gasteiger partial charge in [-0.15, -0.1) is 0 Å². The maximum Gasteiger partial charge on any atom is 0.407 e. The zero-order chi connectivity index (χ0) is 24.0. The highest BCUT2D eigenvalue weighted by Crippen LogP contribution is 2.21. The van der Waals surface area contributed by atoms with Crippen LogP contribution in [0.3, 0.4) is 0 Å². The van der Waals surface area contributed by atoms with E-state index >= 15 is 0 Å². The molecule has 2 heterocycles. The van der Waals surface area contributed by atoms with Crippen LogP contribution in [0.25, 0.3) is 0 Å². The molecule has 1 saturated heterocycles. The Balaban J connectivity index is 1.50. The van der Waals surface area contributed by atoms with Crippen molar-refractivity contribution in [3.8, 4) is 5.75 Å². The SMILES string of the molecule is CC(C)COc1ccc(C(=O)Nc2ccc(N3CCC(NC(=O)OC(C)(C)C)C3)nc2)cc1. The normalized spacial score (nSPS) is 15.9. The Kier molecular flexibility index (Phi) is 7.79. The first-order valence-corrected chi connectivity index (χ1v) is 11.3. The summed E-state index contributed by atoms with van der Waals surface area (Å²) in [5.41, 5.74) is 0.645. The number of alkyl carbamates (subject to hydrolysis) is 1. The average molecular weight is 455 g/mol. The standard InChI is InChI=1S/C25H34N4O4/c1-17(2)16-32-21-9-6-18(7-10-21)23(30)27-19-8-11-22(26-14-19)29-13-12-20(15-29)28-24(31)33-25(3,4)5/h6-11,14,17,20H,12-13,15-16H2,1-5H3,(H,27,30)(H,28,31). The van der Waals surface area contributed by atoms with E-state index in [1.54, 1.807) is 30.5 Å². The van der Waals surface area contributed by atoms with Crippen LogP contribution in [0.4, 0.5) is 16.3 Å². The Bertz CT molecular complexity index is 936. The monoisotopic (exact) mass is 454 g/mol. The fraction of sp³-hybridized carbons (Fsp3) is 0.480. The van der Waals surface area contributed by atoms with Crippen LogP contribution in [-0.4, -0.2) is 48.3 Å². The summed E-state index contributed by atoms with van der Waals surface area (Å²) < 4.78 is 11.0. The highest BCUT2D eigenvalue weighted by Gasteiger charge is 2.26. The second-order valence-corrected chi connectivity index (χ2v) is 9.67. The van der Waals surface area contributed by atoms with Gasteiger partial charge in [0.2, 0.25) is 0 Å². The van der Waals surface area contributed by atoms with Crippen molar-refractivity contribution in [1.29, 1.82) is 0 Å². The molecule has 2 N–H and O–H groups in total. The molecule has 0 spiro atoms. The van der Waals surface area contributed by atoms with E-state index in [1.807, 2.05) is 32.9 Å². The summed E-state index contributed by atoms with van der Waals surface area (Å²) in [4.78, 5) is 31.1. The zero-order valence-corrected chi connectivity index (χ0v) is 20.1. The van der Waals surface area contributed by atoms with Gasteiger partial charge in [-0.3, -0.25) is 4.79 Å². The zero-order valence-electron chi connectivity index (χ0n) is 20.1. The molecule has 0 saturated carbocycles. The first-order valence-electron chi connectivity index (χ1n) is 11.3. The number of nitrogens with one attached hydrogen (secondary N) is 2. The van der Waals surface area contributed by atoms with Gasteiger partial charge in [0, 0.05) is 18.7 Å². The Labute approximate surface area is 195 Å². The number of ether oxygens (including phenoxy) is 2. The van der Waals surface area contributed by atoms with Gasteiger partial charge in [0.05, 0.1) is 24.5 Å². The Morgan fingerprint density at radius 1 is 1.15 bits per heavy atom. The van der Waals surface area contributed by atoms with E-state index in [0.717, 1.165) is 24.5 Å². The van der Waals surface area contributed by atoms with E-state index in [9.17, 15) is 9.59 Å². The third kappa shape index (κ3) is 7.66. The van der Waals surface area contributed by atoms with E-state index < -0.39 is 11.7 Å². The van der Waals surface area contributed by atoms with Crippen molar-refractivity contribution in [2.75, 3.05) is 29.9 Å². The highest BCUT2D eigenvalue weighted by molar-refractivity contribution is 6.04. The average Bonchev–Trinajstić information content (AvgIpc) is 3.20. The number of carbonyl (C=O) groups is 2. The minimum absolute atomic E-state index is 0.00789. The number of amides is 2. The molecule has 1 atom stereocenters. The molecule has 2 amide bonds. The Hall–Kier alpha value is -3.29. The van der Waals surface area contributed by atoms with Crippen LogP contribution in [0.5, 0.6) is 5.75 Å². The lowest BCUT2D eigenvalue weighted by Gasteiger charge is -2.22. The molecular weight excluding hydrogens is 420 g/mol. The summed E-state index contributed by atoms with van der Waals surface area (Å²) in [5.74, 6) is 1.78. The van der Waals surface area contributed by atoms with Crippen LogP contribution in [0.2, 0.25) is 0 Å². The van der Waals surface area contributed by atoms with Crippen molar-refractivity contribution in [3.63, 3.8) is 0 Å². The van der Waals surface area contributed by atoms with Gasteiger partial charge in [-0.1, -0.05) is 13.8 Å². The number of anilines is 2. The smallest absolute Gasteiger partial charge is 0.407 e. The van der Waals surface area contributed by atoms with Crippen LogP contribution in [0, 0.1) is 5.92 Å². The molecule has 2 aromatic rings. The molecule has 8 heteroatoms. The van der Waals surface area contributed by atoms with Gasteiger partial charge >= 0.3 is 6.09 Å². The largest absolute Gasteiger partial charge is 0.493 e. The Morgan fingerprint density at radius 3 is 2.48 bits per heavy atom. The first-order chi connectivity index (χ1) is 15.6. The highest BCUT2D eigenvalue weighted by atomic mass is 16.6. The molecule has 0 aliphatic carbocycles. The van der Waals surface area contributed by atoms with Crippen molar-refractivity contribution < 1.29 is 19.1 Å². The number of carbonyl (C=O) groups excluding carboxylic acids is 2. The minimum Gasteiger partial charge on any atom is -0.493 e. The van der Waals surface area contributed by atoms with Crippen LogP contribution in [-0.2, 0) is 4.74 Å². The predicted molar refractivity (Wildman–Crippen MR) is 129 cm³/mol. The second kappa shape index (κ2) is 10.6. The summed E-state index contributed by atoms with van der Waals surface area (Å²) in [7, 11) is 0. The third-order valence-corrected chi connectivity index (χ3v) is 4.94. The maximum absolute atomic E-state index is 12.5. The van der Waals surface area contributed by atoms with E-state index in [1.165, 1.54) is 0 Å². The molecule has 1 fully saturated rings. The van der Waals surface area contributed by atoms with E-state index in [4.69, 9.17) is 9.47 Å². The summed E-state index contributed by atoms with van der Waals surface area (Å²) >= 11 is 0. The van der Waals surface area contributed by atoms with Crippen LogP contribution in [0.1, 0.15) is 51.4 Å². The van der Waals surface area contributed by atoms with Gasteiger partial charge in [0.25, 0.3) is 5.91 Å². The van der Waals surface area contributed by atoms with Crippen molar-refractivity contribution >= 4 is 23.5 Å². The summed E-state index contributed by atoms with van der Waals surface area (Å²) in [6, 6.07) is 10.8. The number of rotatable bonds is 7. The van der Waals surface area contributed by atoms with Crippen molar-refractivity contribution in [3.05, 3.63) is 48.2 Å². The summed E-state index contributed by atoms with van der Waals surface area (Å²) in [6.45, 7) is 11.8. The molecule has 0 radical (unpaired) electrons. The number of hydrogen-bond donors (Lipinski definition) is 2. The fourth-order valence-electron chi connectivity index (χ4n) is 3.38. The lowest BCUT2D eigenvalue weighted by Crippen LogP contribution is -2.40. The second-order valence-electron chi connectivity index (χ2n) is 9.67. The summed E-state index contributed by atoms with van der Waals surface area (Å²) in [5, 5.41) is 5.78. The lowest BCUT2D eigenvalue weighted by atomic mass is 10.2. The molecule has 1 aromatic heterocycles. The number of benzene rings is 1. The van der Waals surface area contributed by atoms with E-state index in [2.05, 4.69) is 34.4 Å². The van der Waals surface area contributed by atoms with Gasteiger partial charge in [-0.05, 0) is 69.5 Å². The summed E-state index contributed by atoms with van der Waals surface area (Å²) in [6.07, 6.45) is 2.05. The van der Waals surface area contributed by atoms with Gasteiger partial charge in [0.1, 0.15) is 17.2 Å². The molecule has 3 rings (SSSR count).